The summed E-state index contributed by atoms with van der Waals surface area (Å²) < 4.78 is 26.0. The SMILES string of the molecule is CC(C)(C)OC(=O)n1nc(F)c2cc(C#Cc3ccnc(-c4ccnc(NCC(=O)N5CCOCC5)n4)n3)ccc21. The van der Waals surface area contributed by atoms with Crippen LogP contribution in [-0.4, -0.2) is 85.1 Å². The molecule has 12 nitrogen and oxygen atoms in total. The maximum atomic E-state index is 14.6. The van der Waals surface area contributed by atoms with Crippen molar-refractivity contribution in [3.8, 4) is 23.4 Å². The third-order valence-corrected chi connectivity index (χ3v) is 5.84. The molecule has 1 saturated heterocycles. The molecule has 0 unspecified atom stereocenters. The summed E-state index contributed by atoms with van der Waals surface area (Å²) in [5.41, 5.74) is 0.878. The minimum absolute atomic E-state index is 0.0530. The summed E-state index contributed by atoms with van der Waals surface area (Å²) in [6.07, 6.45) is 2.33. The number of halogens is 1. The van der Waals surface area contributed by atoms with Gasteiger partial charge in [-0.25, -0.2) is 24.7 Å². The summed E-state index contributed by atoms with van der Waals surface area (Å²) in [4.78, 5) is 43.9. The van der Waals surface area contributed by atoms with Gasteiger partial charge < -0.3 is 19.7 Å². The number of nitrogens with one attached hydrogen (secondary N) is 1. The average molecular weight is 559 g/mol. The predicted octanol–water partition coefficient (Wildman–Crippen LogP) is 2.88. The van der Waals surface area contributed by atoms with E-state index in [9.17, 15) is 14.0 Å². The van der Waals surface area contributed by atoms with E-state index in [-0.39, 0.29) is 29.3 Å². The second kappa shape index (κ2) is 11.6. The summed E-state index contributed by atoms with van der Waals surface area (Å²) in [5, 5.41) is 6.78. The topological polar surface area (TPSA) is 137 Å². The van der Waals surface area contributed by atoms with Crippen LogP contribution < -0.4 is 5.32 Å². The molecule has 0 spiro atoms. The minimum Gasteiger partial charge on any atom is -0.442 e. The molecule has 41 heavy (non-hydrogen) atoms. The van der Waals surface area contributed by atoms with E-state index < -0.39 is 17.6 Å². The van der Waals surface area contributed by atoms with E-state index in [2.05, 4.69) is 42.2 Å². The van der Waals surface area contributed by atoms with Gasteiger partial charge in [0, 0.05) is 31.0 Å². The number of fused-ring (bicyclic) bond motifs is 1. The van der Waals surface area contributed by atoms with Crippen LogP contribution in [0.4, 0.5) is 15.1 Å². The highest BCUT2D eigenvalue weighted by Crippen LogP contribution is 2.21. The van der Waals surface area contributed by atoms with Crippen molar-refractivity contribution in [2.75, 3.05) is 38.2 Å². The third kappa shape index (κ3) is 6.79. The van der Waals surface area contributed by atoms with Crippen molar-refractivity contribution in [1.29, 1.82) is 0 Å². The van der Waals surface area contributed by atoms with Crippen molar-refractivity contribution >= 4 is 28.9 Å². The lowest BCUT2D eigenvalue weighted by atomic mass is 10.1. The van der Waals surface area contributed by atoms with Gasteiger partial charge in [0.1, 0.15) is 17.0 Å². The number of carbonyl (C=O) groups is 2. The lowest BCUT2D eigenvalue weighted by molar-refractivity contribution is -0.133. The van der Waals surface area contributed by atoms with Gasteiger partial charge in [0.2, 0.25) is 17.8 Å². The summed E-state index contributed by atoms with van der Waals surface area (Å²) in [5.74, 6) is 5.62. The highest BCUT2D eigenvalue weighted by atomic mass is 19.1. The Morgan fingerprint density at radius 2 is 1.85 bits per heavy atom. The van der Waals surface area contributed by atoms with Gasteiger partial charge in [-0.15, -0.1) is 5.10 Å². The molecule has 1 amide bonds. The Kier molecular flexibility index (Phi) is 7.84. The predicted molar refractivity (Wildman–Crippen MR) is 146 cm³/mol. The number of hydrogen-bond acceptors (Lipinski definition) is 10. The van der Waals surface area contributed by atoms with Gasteiger partial charge in [-0.1, -0.05) is 5.92 Å². The number of carbonyl (C=O) groups excluding carboxylic acids is 2. The van der Waals surface area contributed by atoms with Gasteiger partial charge in [-0.2, -0.15) is 9.07 Å². The molecule has 1 fully saturated rings. The smallest absolute Gasteiger partial charge is 0.435 e. The maximum absolute atomic E-state index is 14.6. The molecule has 1 N–H and O–H groups in total. The first-order valence-corrected chi connectivity index (χ1v) is 12.9. The van der Waals surface area contributed by atoms with Crippen molar-refractivity contribution in [2.45, 2.75) is 26.4 Å². The number of hydrogen-bond donors (Lipinski definition) is 1. The summed E-state index contributed by atoms with van der Waals surface area (Å²) >= 11 is 0. The Bertz CT molecular complexity index is 1670. The van der Waals surface area contributed by atoms with Gasteiger partial charge in [0.05, 0.1) is 30.7 Å². The number of ether oxygens (including phenoxy) is 2. The molecule has 4 aromatic rings. The molecule has 0 radical (unpaired) electrons. The van der Waals surface area contributed by atoms with Crippen molar-refractivity contribution in [2.24, 2.45) is 0 Å². The Morgan fingerprint density at radius 1 is 1.07 bits per heavy atom. The van der Waals surface area contributed by atoms with E-state index in [0.717, 1.165) is 4.68 Å². The van der Waals surface area contributed by atoms with Crippen molar-refractivity contribution in [3.05, 3.63) is 59.9 Å². The Hall–Kier alpha value is -4.96. The minimum atomic E-state index is -0.807. The van der Waals surface area contributed by atoms with Crippen molar-refractivity contribution in [1.82, 2.24) is 34.6 Å². The molecule has 13 heteroatoms. The van der Waals surface area contributed by atoms with E-state index in [0.29, 0.717) is 49.1 Å². The second-order valence-corrected chi connectivity index (χ2v) is 10.0. The molecule has 0 saturated carbocycles. The van der Waals surface area contributed by atoms with E-state index in [1.54, 1.807) is 62.3 Å². The monoisotopic (exact) mass is 558 g/mol. The van der Waals surface area contributed by atoms with E-state index in [1.807, 2.05) is 0 Å². The number of aromatic nitrogens is 6. The zero-order valence-corrected chi connectivity index (χ0v) is 22.7. The highest BCUT2D eigenvalue weighted by molar-refractivity contribution is 5.89. The first-order valence-electron chi connectivity index (χ1n) is 12.9. The lowest BCUT2D eigenvalue weighted by Gasteiger charge is -2.26. The Morgan fingerprint density at radius 3 is 2.63 bits per heavy atom. The van der Waals surface area contributed by atoms with Gasteiger partial charge >= 0.3 is 6.09 Å². The number of anilines is 1. The largest absolute Gasteiger partial charge is 0.442 e. The molecule has 0 aliphatic carbocycles. The fourth-order valence-electron chi connectivity index (χ4n) is 3.94. The van der Waals surface area contributed by atoms with Gasteiger partial charge in [-0.3, -0.25) is 4.79 Å². The van der Waals surface area contributed by atoms with Crippen LogP contribution in [0.1, 0.15) is 32.0 Å². The molecular weight excluding hydrogens is 531 g/mol. The zero-order chi connectivity index (χ0) is 29.0. The number of nitrogens with zero attached hydrogens (tertiary/aromatic N) is 7. The molecular formula is C28H27FN8O4. The molecule has 1 aliphatic rings. The first-order chi connectivity index (χ1) is 19.7. The van der Waals surface area contributed by atoms with E-state index in [1.165, 1.54) is 6.07 Å². The molecule has 4 heterocycles. The van der Waals surface area contributed by atoms with E-state index >= 15 is 0 Å². The standard InChI is InChI=1S/C28H27FN8O4/c1-28(2,3)41-27(39)37-22-7-5-18(16-20(22)24(29)35-37)4-6-19-8-10-30-25(33-19)21-9-11-31-26(34-21)32-17-23(38)36-12-14-40-15-13-36/h5,7-11,16H,12-15,17H2,1-3H3,(H,31,32,34). The Labute approximate surface area is 234 Å². The first kappa shape index (κ1) is 27.6. The quantitative estimate of drug-likeness (QED) is 0.372. The number of rotatable bonds is 4. The summed E-state index contributed by atoms with van der Waals surface area (Å²) in [7, 11) is 0. The van der Waals surface area contributed by atoms with Gasteiger partial charge in [0.15, 0.2) is 5.82 Å². The fraction of sp³-hybridized carbons (Fsp3) is 0.321. The van der Waals surface area contributed by atoms with Crippen LogP contribution in [0.3, 0.4) is 0 Å². The fourth-order valence-corrected chi connectivity index (χ4v) is 3.94. The number of benzene rings is 1. The van der Waals surface area contributed by atoms with Crippen LogP contribution in [0.15, 0.2) is 42.7 Å². The molecule has 1 aromatic carbocycles. The summed E-state index contributed by atoms with van der Waals surface area (Å²) in [6, 6.07) is 8.01. The number of morpholine rings is 1. The van der Waals surface area contributed by atoms with Gasteiger partial charge in [-0.05, 0) is 57.0 Å². The molecule has 0 bridgehead atoms. The molecule has 3 aromatic heterocycles. The normalized spacial score (nSPS) is 13.4. The van der Waals surface area contributed by atoms with Gasteiger partial charge in [0.25, 0.3) is 0 Å². The molecule has 210 valence electrons. The third-order valence-electron chi connectivity index (χ3n) is 5.84. The second-order valence-electron chi connectivity index (χ2n) is 10.0. The lowest BCUT2D eigenvalue weighted by Crippen LogP contribution is -2.43. The van der Waals surface area contributed by atoms with Crippen LogP contribution in [0.5, 0.6) is 0 Å². The highest BCUT2D eigenvalue weighted by Gasteiger charge is 2.22. The maximum Gasteiger partial charge on any atom is 0.435 e. The van der Waals surface area contributed by atoms with Crippen LogP contribution in [0.2, 0.25) is 0 Å². The molecule has 0 atom stereocenters. The average Bonchev–Trinajstić information content (AvgIpc) is 3.30. The van der Waals surface area contributed by atoms with Crippen LogP contribution in [0.25, 0.3) is 22.4 Å². The van der Waals surface area contributed by atoms with Crippen molar-refractivity contribution in [3.63, 3.8) is 0 Å². The van der Waals surface area contributed by atoms with Crippen molar-refractivity contribution < 1.29 is 23.5 Å². The van der Waals surface area contributed by atoms with Crippen LogP contribution >= 0.6 is 0 Å². The van der Waals surface area contributed by atoms with E-state index in [4.69, 9.17) is 9.47 Å². The van der Waals surface area contributed by atoms with Crippen LogP contribution in [0, 0.1) is 17.8 Å². The number of amides is 1. The Balaban J connectivity index is 1.30. The van der Waals surface area contributed by atoms with Crippen LogP contribution in [-0.2, 0) is 14.3 Å². The molecule has 5 rings (SSSR count). The zero-order valence-electron chi connectivity index (χ0n) is 22.7. The molecule has 1 aliphatic heterocycles. The summed E-state index contributed by atoms with van der Waals surface area (Å²) in [6.45, 7) is 7.37.